The highest BCUT2D eigenvalue weighted by Crippen LogP contribution is 2.27. The van der Waals surface area contributed by atoms with Crippen LogP contribution in [0.1, 0.15) is 0 Å². The monoisotopic (exact) mass is 221 g/mol. The van der Waals surface area contributed by atoms with Crippen molar-refractivity contribution in [2.45, 2.75) is 0 Å². The second-order valence-electron chi connectivity index (χ2n) is 1.54. The molecule has 0 aliphatic rings. The molecular formula is C5H4BrNO2S. The molecule has 1 rings (SSSR count). The van der Waals surface area contributed by atoms with Gasteiger partial charge in [-0.3, -0.25) is 5.32 Å². The van der Waals surface area contributed by atoms with Crippen LogP contribution in [-0.4, -0.2) is 11.2 Å². The molecule has 0 radical (unpaired) electrons. The Balaban J connectivity index is 2.74. The standard InChI is InChI=1S/C5H4BrNO2S/c6-4-3(1-2-10-4)7-5(8)9/h1-2,7H,(H,8,9). The van der Waals surface area contributed by atoms with Crippen LogP contribution in [0.25, 0.3) is 0 Å². The largest absolute Gasteiger partial charge is 0.465 e. The molecule has 0 bridgehead atoms. The van der Waals surface area contributed by atoms with Crippen molar-refractivity contribution >= 4 is 39.0 Å². The van der Waals surface area contributed by atoms with Gasteiger partial charge < -0.3 is 5.11 Å². The van der Waals surface area contributed by atoms with Gasteiger partial charge in [0.1, 0.15) is 0 Å². The smallest absolute Gasteiger partial charge is 0.409 e. The van der Waals surface area contributed by atoms with E-state index in [1.54, 1.807) is 11.4 Å². The molecule has 0 aromatic carbocycles. The molecule has 2 N–H and O–H groups in total. The fourth-order valence-corrected chi connectivity index (χ4v) is 1.62. The molecule has 0 fully saturated rings. The molecule has 0 aliphatic carbocycles. The van der Waals surface area contributed by atoms with Crippen LogP contribution < -0.4 is 5.32 Å². The van der Waals surface area contributed by atoms with Crippen LogP contribution in [0, 0.1) is 0 Å². The Morgan fingerprint density at radius 3 is 2.90 bits per heavy atom. The molecule has 0 atom stereocenters. The molecule has 1 amide bonds. The van der Waals surface area contributed by atoms with Crippen LogP contribution in [0.2, 0.25) is 0 Å². The maximum atomic E-state index is 10.1. The van der Waals surface area contributed by atoms with E-state index in [0.29, 0.717) is 5.69 Å². The Morgan fingerprint density at radius 1 is 1.80 bits per heavy atom. The topological polar surface area (TPSA) is 49.3 Å². The van der Waals surface area contributed by atoms with E-state index in [2.05, 4.69) is 21.2 Å². The highest BCUT2D eigenvalue weighted by molar-refractivity contribution is 9.11. The molecule has 0 saturated carbocycles. The molecule has 1 heterocycles. The zero-order valence-electron chi connectivity index (χ0n) is 4.80. The van der Waals surface area contributed by atoms with Crippen LogP contribution in [0.5, 0.6) is 0 Å². The highest BCUT2D eigenvalue weighted by atomic mass is 79.9. The summed E-state index contributed by atoms with van der Waals surface area (Å²) in [5.41, 5.74) is 0.595. The van der Waals surface area contributed by atoms with Crippen molar-refractivity contribution in [1.82, 2.24) is 0 Å². The van der Waals surface area contributed by atoms with Crippen molar-refractivity contribution in [2.75, 3.05) is 5.32 Å². The molecule has 0 aliphatic heterocycles. The predicted octanol–water partition coefficient (Wildman–Crippen LogP) is 2.60. The van der Waals surface area contributed by atoms with E-state index in [1.807, 2.05) is 0 Å². The van der Waals surface area contributed by atoms with Crippen molar-refractivity contribution in [1.29, 1.82) is 0 Å². The number of anilines is 1. The summed E-state index contributed by atoms with van der Waals surface area (Å²) < 4.78 is 0.801. The zero-order chi connectivity index (χ0) is 7.56. The van der Waals surface area contributed by atoms with Crippen molar-refractivity contribution in [3.8, 4) is 0 Å². The Kier molecular flexibility index (Phi) is 2.29. The van der Waals surface area contributed by atoms with E-state index >= 15 is 0 Å². The van der Waals surface area contributed by atoms with Gasteiger partial charge in [-0.15, -0.1) is 11.3 Å². The van der Waals surface area contributed by atoms with Crippen LogP contribution in [-0.2, 0) is 0 Å². The number of amides is 1. The van der Waals surface area contributed by atoms with Gasteiger partial charge in [-0.05, 0) is 27.4 Å². The van der Waals surface area contributed by atoms with Gasteiger partial charge in [-0.2, -0.15) is 0 Å². The normalized spacial score (nSPS) is 9.30. The lowest BCUT2D eigenvalue weighted by molar-refractivity contribution is 0.210. The Labute approximate surface area is 69.8 Å². The summed E-state index contributed by atoms with van der Waals surface area (Å²) in [5, 5.41) is 12.3. The first-order valence-electron chi connectivity index (χ1n) is 2.43. The van der Waals surface area contributed by atoms with Crippen molar-refractivity contribution < 1.29 is 9.90 Å². The minimum absolute atomic E-state index is 0.595. The average molecular weight is 222 g/mol. The summed E-state index contributed by atoms with van der Waals surface area (Å²) >= 11 is 4.62. The van der Waals surface area contributed by atoms with Crippen LogP contribution in [0.3, 0.4) is 0 Å². The molecule has 5 heteroatoms. The SMILES string of the molecule is O=C(O)Nc1ccsc1Br. The lowest BCUT2D eigenvalue weighted by Gasteiger charge is -1.94. The van der Waals surface area contributed by atoms with Gasteiger partial charge in [-0.1, -0.05) is 0 Å². The molecule has 0 spiro atoms. The number of thiophene rings is 1. The van der Waals surface area contributed by atoms with E-state index in [9.17, 15) is 4.79 Å². The van der Waals surface area contributed by atoms with Gasteiger partial charge in [-0.25, -0.2) is 4.79 Å². The Hall–Kier alpha value is -0.550. The number of hydrogen-bond acceptors (Lipinski definition) is 2. The molecular weight excluding hydrogens is 218 g/mol. The number of carboxylic acid groups (broad SMARTS) is 1. The maximum Gasteiger partial charge on any atom is 0.409 e. The first-order chi connectivity index (χ1) is 4.70. The van der Waals surface area contributed by atoms with Crippen molar-refractivity contribution in [2.24, 2.45) is 0 Å². The fourth-order valence-electron chi connectivity index (χ4n) is 0.497. The highest BCUT2D eigenvalue weighted by Gasteiger charge is 2.02. The van der Waals surface area contributed by atoms with Crippen LogP contribution in [0.15, 0.2) is 15.2 Å². The zero-order valence-corrected chi connectivity index (χ0v) is 7.20. The number of halogens is 1. The third-order valence-electron chi connectivity index (χ3n) is 0.860. The van der Waals surface area contributed by atoms with Gasteiger partial charge in [0.15, 0.2) is 0 Å². The second-order valence-corrected chi connectivity index (χ2v) is 3.77. The number of rotatable bonds is 1. The molecule has 10 heavy (non-hydrogen) atoms. The predicted molar refractivity (Wildman–Crippen MR) is 43.7 cm³/mol. The minimum atomic E-state index is -1.04. The molecule has 0 unspecified atom stereocenters. The average Bonchev–Trinajstić information content (AvgIpc) is 2.15. The lowest BCUT2D eigenvalue weighted by Crippen LogP contribution is -2.06. The van der Waals surface area contributed by atoms with Crippen molar-refractivity contribution in [3.63, 3.8) is 0 Å². The second kappa shape index (κ2) is 3.03. The van der Waals surface area contributed by atoms with Crippen LogP contribution in [0.4, 0.5) is 10.5 Å². The van der Waals surface area contributed by atoms with Gasteiger partial charge in [0.25, 0.3) is 0 Å². The molecule has 54 valence electrons. The third-order valence-corrected chi connectivity index (χ3v) is 2.55. The molecule has 1 aromatic heterocycles. The first-order valence-corrected chi connectivity index (χ1v) is 4.10. The van der Waals surface area contributed by atoms with Gasteiger partial charge >= 0.3 is 6.09 Å². The van der Waals surface area contributed by atoms with E-state index in [1.165, 1.54) is 11.3 Å². The summed E-state index contributed by atoms with van der Waals surface area (Å²) in [6.45, 7) is 0. The van der Waals surface area contributed by atoms with Crippen molar-refractivity contribution in [3.05, 3.63) is 15.2 Å². The van der Waals surface area contributed by atoms with Gasteiger partial charge in [0.05, 0.1) is 9.47 Å². The maximum absolute atomic E-state index is 10.1. The molecule has 1 aromatic rings. The van der Waals surface area contributed by atoms with E-state index < -0.39 is 6.09 Å². The van der Waals surface area contributed by atoms with E-state index in [0.717, 1.165) is 3.79 Å². The summed E-state index contributed by atoms with van der Waals surface area (Å²) in [6, 6.07) is 1.70. The first kappa shape index (κ1) is 7.56. The fraction of sp³-hybridized carbons (Fsp3) is 0. The van der Waals surface area contributed by atoms with Gasteiger partial charge in [0, 0.05) is 0 Å². The summed E-state index contributed by atoms with van der Waals surface area (Å²) in [5.74, 6) is 0. The van der Waals surface area contributed by atoms with E-state index in [-0.39, 0.29) is 0 Å². The quantitative estimate of drug-likeness (QED) is 0.767. The van der Waals surface area contributed by atoms with Gasteiger partial charge in [0.2, 0.25) is 0 Å². The molecule has 0 saturated heterocycles. The van der Waals surface area contributed by atoms with E-state index in [4.69, 9.17) is 5.11 Å². The number of hydrogen-bond donors (Lipinski definition) is 2. The Bertz CT molecular complexity index is 248. The molecule has 3 nitrogen and oxygen atoms in total. The van der Waals surface area contributed by atoms with Crippen LogP contribution >= 0.6 is 27.3 Å². The lowest BCUT2D eigenvalue weighted by atomic mass is 10.5. The minimum Gasteiger partial charge on any atom is -0.465 e. The summed E-state index contributed by atoms with van der Waals surface area (Å²) in [4.78, 5) is 10.1. The third kappa shape index (κ3) is 1.71. The number of carbonyl (C=O) groups is 1. The summed E-state index contributed by atoms with van der Waals surface area (Å²) in [6.07, 6.45) is -1.04. The number of nitrogens with one attached hydrogen (secondary N) is 1. The summed E-state index contributed by atoms with van der Waals surface area (Å²) in [7, 11) is 0. The Morgan fingerprint density at radius 2 is 2.50 bits per heavy atom.